The number of nitro groups is 1. The smallest absolute Gasteiger partial charge is 0.269 e. The Bertz CT molecular complexity index is 717. The van der Waals surface area contributed by atoms with E-state index in [0.717, 1.165) is 29.7 Å². The van der Waals surface area contributed by atoms with Crippen LogP contribution in [0, 0.1) is 10.1 Å². The Labute approximate surface area is 178 Å². The number of benzene rings is 1. The van der Waals surface area contributed by atoms with Gasteiger partial charge in [0.05, 0.1) is 32.6 Å². The quantitative estimate of drug-likeness (QED) is 0.129. The van der Waals surface area contributed by atoms with Crippen LogP contribution < -0.4 is 34.7 Å². The fourth-order valence-corrected chi connectivity index (χ4v) is 2.81. The number of nitro benzene ring substituents is 1. The maximum atomic E-state index is 10.6. The van der Waals surface area contributed by atoms with Gasteiger partial charge in [0.25, 0.3) is 5.69 Å². The molecule has 0 saturated heterocycles. The molecule has 1 unspecified atom stereocenters. The van der Waals surface area contributed by atoms with Crippen LogP contribution in [-0.2, 0) is 13.1 Å². The molecule has 28 heavy (non-hydrogen) atoms. The van der Waals surface area contributed by atoms with Gasteiger partial charge < -0.3 is 39.7 Å². The summed E-state index contributed by atoms with van der Waals surface area (Å²) in [5.74, 6) is 0. The molecular weight excluding hydrogens is 405 g/mol. The van der Waals surface area contributed by atoms with Crippen LogP contribution in [0.2, 0.25) is 0 Å². The number of quaternary nitrogens is 1. The fourth-order valence-electron chi connectivity index (χ4n) is 2.81. The summed E-state index contributed by atoms with van der Waals surface area (Å²) in [4.78, 5) is 10.2. The van der Waals surface area contributed by atoms with Crippen LogP contribution in [0.5, 0.6) is 0 Å². The third-order valence-corrected chi connectivity index (χ3v) is 3.93. The highest BCUT2D eigenvalue weighted by atomic mass is 35.5. The first-order valence-corrected chi connectivity index (χ1v) is 8.74. The molecule has 0 radical (unpaired) electrons. The summed E-state index contributed by atoms with van der Waals surface area (Å²) < 4.78 is 4.83. The summed E-state index contributed by atoms with van der Waals surface area (Å²) in [7, 11) is 6.20. The number of non-ortho nitro benzene ring substituents is 1. The highest BCUT2D eigenvalue weighted by Crippen LogP contribution is 2.15. The number of anilines is 1. The van der Waals surface area contributed by atoms with Crippen LogP contribution in [0.1, 0.15) is 6.42 Å². The largest absolute Gasteiger partial charge is 1.00 e. The second-order valence-electron chi connectivity index (χ2n) is 7.56. The minimum atomic E-state index is -0.400. The number of aliphatic hydroxyl groups is 1. The van der Waals surface area contributed by atoms with Crippen LogP contribution in [0.3, 0.4) is 0 Å². The molecule has 1 heterocycles. The molecule has 2 rings (SSSR count). The van der Waals surface area contributed by atoms with Gasteiger partial charge in [-0.15, -0.1) is 0 Å². The van der Waals surface area contributed by atoms with E-state index >= 15 is 0 Å². The molecule has 0 fully saturated rings. The summed E-state index contributed by atoms with van der Waals surface area (Å²) in [6, 6.07) is 6.44. The van der Waals surface area contributed by atoms with Gasteiger partial charge in [0.15, 0.2) is 0 Å². The zero-order chi connectivity index (χ0) is 19.2. The molecule has 1 aromatic heterocycles. The molecule has 158 valence electrons. The van der Waals surface area contributed by atoms with Gasteiger partial charge in [0, 0.05) is 30.8 Å². The van der Waals surface area contributed by atoms with Gasteiger partial charge in [-0.25, -0.2) is 9.13 Å². The van der Waals surface area contributed by atoms with E-state index in [0.29, 0.717) is 13.1 Å². The van der Waals surface area contributed by atoms with Gasteiger partial charge in [-0.3, -0.25) is 10.1 Å². The van der Waals surface area contributed by atoms with E-state index in [4.69, 9.17) is 0 Å². The van der Waals surface area contributed by atoms with Crippen molar-refractivity contribution in [2.45, 2.75) is 25.6 Å². The van der Waals surface area contributed by atoms with E-state index in [2.05, 4.69) is 31.0 Å². The summed E-state index contributed by atoms with van der Waals surface area (Å²) in [6.45, 7) is 2.93. The second kappa shape index (κ2) is 11.9. The summed E-state index contributed by atoms with van der Waals surface area (Å²) in [5.41, 5.74) is 0.974. The highest BCUT2D eigenvalue weighted by molar-refractivity contribution is 5.48. The van der Waals surface area contributed by atoms with Gasteiger partial charge in [0.2, 0.25) is 6.33 Å². The minimum Gasteiger partial charge on any atom is -1.00 e. The number of rotatable bonds is 10. The summed E-state index contributed by atoms with van der Waals surface area (Å²) >= 11 is 0. The van der Waals surface area contributed by atoms with E-state index in [1.54, 1.807) is 12.1 Å². The van der Waals surface area contributed by atoms with E-state index in [1.807, 2.05) is 23.3 Å². The molecule has 10 heteroatoms. The van der Waals surface area contributed by atoms with Crippen molar-refractivity contribution < 1.29 is 43.9 Å². The number of imidazole rings is 1. The lowest BCUT2D eigenvalue weighted by Crippen LogP contribution is -3.00. The molecule has 1 atom stereocenters. The zero-order valence-electron chi connectivity index (χ0n) is 16.5. The third kappa shape index (κ3) is 9.36. The summed E-state index contributed by atoms with van der Waals surface area (Å²) in [5, 5.41) is 24.0. The monoisotopic (exact) mass is 433 g/mol. The van der Waals surface area contributed by atoms with E-state index in [1.165, 1.54) is 12.1 Å². The normalized spacial score (nSPS) is 11.9. The molecule has 0 aliphatic carbocycles. The van der Waals surface area contributed by atoms with Crippen molar-refractivity contribution in [3.05, 3.63) is 53.1 Å². The number of aliphatic hydroxyl groups excluding tert-OH is 1. The Morgan fingerprint density at radius 2 is 1.89 bits per heavy atom. The molecule has 8 nitrogen and oxygen atoms in total. The van der Waals surface area contributed by atoms with E-state index < -0.39 is 4.92 Å². The number of aromatic nitrogens is 2. The van der Waals surface area contributed by atoms with Gasteiger partial charge in [-0.05, 0) is 12.1 Å². The van der Waals surface area contributed by atoms with Gasteiger partial charge in [-0.2, -0.15) is 0 Å². The van der Waals surface area contributed by atoms with Crippen molar-refractivity contribution in [1.29, 1.82) is 0 Å². The van der Waals surface area contributed by atoms with Crippen molar-refractivity contribution in [2.24, 2.45) is 0 Å². The maximum absolute atomic E-state index is 10.6. The van der Waals surface area contributed by atoms with E-state index in [-0.39, 0.29) is 36.6 Å². The topological polar surface area (TPSA) is 84.2 Å². The fraction of sp³-hybridized carbons (Fsp3) is 0.500. The lowest BCUT2D eigenvalue weighted by molar-refractivity contribution is -0.877. The lowest BCUT2D eigenvalue weighted by Gasteiger charge is -2.25. The molecule has 0 spiro atoms. The number of halogens is 2. The van der Waals surface area contributed by atoms with Crippen LogP contribution in [0.15, 0.2) is 43.0 Å². The first kappa shape index (κ1) is 26.1. The maximum Gasteiger partial charge on any atom is 0.269 e. The Hall–Kier alpha value is -1.87. The average molecular weight is 434 g/mol. The minimum absolute atomic E-state index is 0. The van der Waals surface area contributed by atoms with Crippen LogP contribution in [0.25, 0.3) is 0 Å². The Morgan fingerprint density at radius 3 is 2.46 bits per heavy atom. The first-order valence-electron chi connectivity index (χ1n) is 8.74. The molecule has 0 bridgehead atoms. The Kier molecular flexibility index (Phi) is 11.1. The van der Waals surface area contributed by atoms with Crippen LogP contribution >= 0.6 is 0 Å². The number of nitrogens with zero attached hydrogens (tertiary/aromatic N) is 4. The van der Waals surface area contributed by atoms with Gasteiger partial charge in [-0.1, -0.05) is 0 Å². The Balaban J connectivity index is 0.00000364. The number of hydrogen-bond acceptors (Lipinski definition) is 4. The summed E-state index contributed by atoms with van der Waals surface area (Å²) in [6.07, 6.45) is 6.53. The van der Waals surface area contributed by atoms with Crippen molar-refractivity contribution >= 4 is 11.4 Å². The molecule has 0 saturated carbocycles. The Morgan fingerprint density at radius 1 is 1.25 bits per heavy atom. The molecule has 0 aliphatic rings. The number of hydrogen-bond donors (Lipinski definition) is 2. The number of nitrogens with one attached hydrogen (secondary N) is 1. The van der Waals surface area contributed by atoms with Crippen molar-refractivity contribution in [2.75, 3.05) is 39.5 Å². The molecule has 2 N–H and O–H groups in total. The SMILES string of the molecule is C[N+](C)(C)CC(O)C[n+]1ccn(CCCNc2ccc([N+](=O)[O-])cc2)c1.[Cl-].[Cl-]. The lowest BCUT2D eigenvalue weighted by atomic mass is 10.3. The van der Waals surface area contributed by atoms with Crippen LogP contribution in [0.4, 0.5) is 11.4 Å². The number of likely N-dealkylation sites (N-methyl/N-ethyl adjacent to an activating group) is 1. The van der Waals surface area contributed by atoms with Crippen molar-refractivity contribution in [1.82, 2.24) is 4.57 Å². The van der Waals surface area contributed by atoms with Crippen molar-refractivity contribution in [3.63, 3.8) is 0 Å². The molecule has 0 aliphatic heterocycles. The second-order valence-corrected chi connectivity index (χ2v) is 7.56. The zero-order valence-corrected chi connectivity index (χ0v) is 18.0. The highest BCUT2D eigenvalue weighted by Gasteiger charge is 2.18. The predicted octanol–water partition coefficient (Wildman–Crippen LogP) is -4.74. The van der Waals surface area contributed by atoms with Gasteiger partial charge >= 0.3 is 0 Å². The van der Waals surface area contributed by atoms with Crippen molar-refractivity contribution in [3.8, 4) is 0 Å². The third-order valence-electron chi connectivity index (χ3n) is 3.93. The standard InChI is InChI=1S/C18H29N5O3.2ClH/c1-23(2,3)14-18(24)13-21-12-11-20(15-21)10-4-9-19-16-5-7-17(8-6-16)22(25)26;;/h5-8,11-12,15,18-19,24H,4,9-10,13-14H2,1-3H3;2*1H/q+2;;/p-2. The predicted molar refractivity (Wildman–Crippen MR) is 99.7 cm³/mol. The molecule has 0 amide bonds. The van der Waals surface area contributed by atoms with E-state index in [9.17, 15) is 15.2 Å². The number of aryl methyl sites for hydroxylation is 1. The van der Waals surface area contributed by atoms with Gasteiger partial charge in [0.1, 0.15) is 31.6 Å². The molecule has 2 aromatic rings. The average Bonchev–Trinajstić information content (AvgIpc) is 2.97. The molecule has 1 aromatic carbocycles. The molecular formula is C18H29Cl2N5O3. The first-order chi connectivity index (χ1) is 12.2. The van der Waals surface area contributed by atoms with Crippen LogP contribution in [-0.4, -0.2) is 59.4 Å².